The second kappa shape index (κ2) is 11.6. The van der Waals surface area contributed by atoms with Gasteiger partial charge in [0.05, 0.1) is 24.0 Å². The highest BCUT2D eigenvalue weighted by Gasteiger charge is 2.35. The second-order valence-electron chi connectivity index (χ2n) is 10.5. The lowest BCUT2D eigenvalue weighted by molar-refractivity contribution is -0.0159. The Morgan fingerprint density at radius 3 is 2.74 bits per heavy atom. The molecule has 0 radical (unpaired) electrons. The van der Waals surface area contributed by atoms with Crippen molar-refractivity contribution in [2.24, 2.45) is 10.2 Å². The average molecular weight is 529 g/mol. The third kappa shape index (κ3) is 6.30. The number of hydrogen-bond donors (Lipinski definition) is 3. The molecule has 1 saturated heterocycles. The van der Waals surface area contributed by atoms with Crippen molar-refractivity contribution in [1.82, 2.24) is 19.8 Å². The van der Waals surface area contributed by atoms with Gasteiger partial charge in [-0.25, -0.2) is 9.97 Å². The Balaban J connectivity index is 1.23. The Kier molecular flexibility index (Phi) is 7.97. The number of carbonyl (C=O) groups is 1. The summed E-state index contributed by atoms with van der Waals surface area (Å²) in [5, 5.41) is 22.0. The summed E-state index contributed by atoms with van der Waals surface area (Å²) >= 11 is 0. The number of anilines is 3. The number of nitrogens with one attached hydrogen (secondary N) is 1. The number of hydrogen-bond acceptors (Lipinski definition) is 10. The number of ketones is 1. The van der Waals surface area contributed by atoms with E-state index in [1.165, 1.54) is 11.1 Å². The van der Waals surface area contributed by atoms with Crippen LogP contribution < -0.4 is 11.1 Å². The van der Waals surface area contributed by atoms with Crippen LogP contribution in [0.5, 0.6) is 0 Å². The van der Waals surface area contributed by atoms with Crippen LogP contribution in [0.2, 0.25) is 0 Å². The minimum absolute atomic E-state index is 0.00100. The van der Waals surface area contributed by atoms with Crippen molar-refractivity contribution >= 4 is 28.8 Å². The zero-order valence-electron chi connectivity index (χ0n) is 22.8. The Hall–Kier alpha value is -3.73. The monoisotopic (exact) mass is 528 g/mol. The fourth-order valence-corrected chi connectivity index (χ4v) is 5.55. The fraction of sp³-hybridized carbons (Fsp3) is 0.414. The molecule has 39 heavy (non-hydrogen) atoms. The number of nitrogen functional groups attached to an aromatic ring is 1. The van der Waals surface area contributed by atoms with E-state index in [0.717, 1.165) is 29.9 Å². The first-order chi connectivity index (χ1) is 18.8. The van der Waals surface area contributed by atoms with E-state index in [4.69, 9.17) is 10.7 Å². The molecule has 10 nitrogen and oxygen atoms in total. The molecule has 204 valence electrons. The molecule has 0 saturated carbocycles. The van der Waals surface area contributed by atoms with Crippen molar-refractivity contribution in [3.8, 4) is 0 Å². The summed E-state index contributed by atoms with van der Waals surface area (Å²) in [7, 11) is 1.57. The van der Waals surface area contributed by atoms with E-state index in [9.17, 15) is 9.90 Å². The van der Waals surface area contributed by atoms with E-state index in [-0.39, 0.29) is 18.4 Å². The number of aryl methyl sites for hydroxylation is 2. The summed E-state index contributed by atoms with van der Waals surface area (Å²) in [5.41, 5.74) is 13.0. The van der Waals surface area contributed by atoms with E-state index < -0.39 is 6.10 Å². The molecule has 0 spiro atoms. The molecule has 2 atom stereocenters. The number of Topliss-reactive ketones (excluding diaryl/α,β-unsaturated/α-hetero) is 1. The summed E-state index contributed by atoms with van der Waals surface area (Å²) < 4.78 is 0. The van der Waals surface area contributed by atoms with Gasteiger partial charge in [-0.15, -0.1) is 0 Å². The Bertz CT molecular complexity index is 1370. The third-order valence-corrected chi connectivity index (χ3v) is 7.47. The number of aliphatic hydroxyl groups excluding tert-OH is 1. The zero-order chi connectivity index (χ0) is 27.5. The molecule has 2 aliphatic rings. The van der Waals surface area contributed by atoms with Crippen LogP contribution >= 0.6 is 0 Å². The Labute approximate surface area is 229 Å². The van der Waals surface area contributed by atoms with Crippen LogP contribution in [0.25, 0.3) is 0 Å². The number of azo groups is 1. The van der Waals surface area contributed by atoms with Crippen molar-refractivity contribution in [3.63, 3.8) is 0 Å². The largest absolute Gasteiger partial charge is 0.397 e. The molecule has 2 aromatic carbocycles. The van der Waals surface area contributed by atoms with Crippen LogP contribution in [0, 0.1) is 13.8 Å². The van der Waals surface area contributed by atoms with E-state index in [2.05, 4.69) is 62.4 Å². The molecule has 5 rings (SSSR count). The Morgan fingerprint density at radius 1 is 1.18 bits per heavy atom. The highest BCUT2D eigenvalue weighted by Crippen LogP contribution is 2.27. The number of nitrogens with zero attached hydrogens (tertiary/aromatic N) is 6. The van der Waals surface area contributed by atoms with Gasteiger partial charge in [-0.3, -0.25) is 14.6 Å². The number of likely N-dealkylation sites (tertiary alicyclic amines) is 1. The maximum absolute atomic E-state index is 13.1. The highest BCUT2D eigenvalue weighted by atomic mass is 16.3. The molecule has 2 unspecified atom stereocenters. The summed E-state index contributed by atoms with van der Waals surface area (Å²) in [5.74, 6) is 0.597. The average Bonchev–Trinajstić information content (AvgIpc) is 2.90. The van der Waals surface area contributed by atoms with Crippen molar-refractivity contribution in [2.45, 2.75) is 45.4 Å². The van der Waals surface area contributed by atoms with Gasteiger partial charge >= 0.3 is 0 Å². The number of nitrogens with two attached hydrogens (primary N) is 1. The Morgan fingerprint density at radius 2 is 1.97 bits per heavy atom. The van der Waals surface area contributed by atoms with Crippen molar-refractivity contribution in [2.75, 3.05) is 44.3 Å². The molecular formula is C29H36N8O2. The van der Waals surface area contributed by atoms with Crippen LogP contribution in [0.3, 0.4) is 0 Å². The predicted molar refractivity (Wildman–Crippen MR) is 152 cm³/mol. The van der Waals surface area contributed by atoms with Crippen LogP contribution in [0.1, 0.15) is 39.2 Å². The fourth-order valence-electron chi connectivity index (χ4n) is 5.55. The van der Waals surface area contributed by atoms with Gasteiger partial charge in [0.25, 0.3) is 0 Å². The molecule has 1 aromatic heterocycles. The molecule has 0 bridgehead atoms. The molecule has 2 aliphatic heterocycles. The maximum atomic E-state index is 13.1. The number of rotatable bonds is 7. The molecule has 10 heteroatoms. The standard InChI is InChI=1S/C29H36N8O2/c1-18-10-19(2)12-22(11-18)33-29-32-14-21-15-37(9-6-24(21)34-29)26-16-36(8-7-27(26)38)17-28(39)20-4-5-23(30)25(13-20)35-31-3/h4-5,10-14,26-27,38H,6-9,15-17,30H2,1-3H3,(H,32,33,34)/b35-31-. The predicted octanol–water partition coefficient (Wildman–Crippen LogP) is 3.81. The SMILES string of the molecule is C/N=N\c1cc(C(=O)CN2CCC(O)C(N3CCc4nc(Nc5cc(C)cc(C)c5)ncc4C3)C2)ccc1N. The van der Waals surface area contributed by atoms with Gasteiger partial charge in [0.2, 0.25) is 5.95 Å². The number of piperidine rings is 1. The van der Waals surface area contributed by atoms with Gasteiger partial charge in [-0.05, 0) is 61.7 Å². The lowest BCUT2D eigenvalue weighted by Crippen LogP contribution is -2.56. The van der Waals surface area contributed by atoms with Crippen LogP contribution in [-0.4, -0.2) is 76.0 Å². The zero-order valence-corrected chi connectivity index (χ0v) is 22.8. The lowest BCUT2D eigenvalue weighted by Gasteiger charge is -2.43. The van der Waals surface area contributed by atoms with E-state index in [1.807, 2.05) is 6.20 Å². The van der Waals surface area contributed by atoms with Crippen LogP contribution in [0.15, 0.2) is 52.8 Å². The van der Waals surface area contributed by atoms with Crippen molar-refractivity contribution < 1.29 is 9.90 Å². The van der Waals surface area contributed by atoms with E-state index in [1.54, 1.807) is 25.2 Å². The smallest absolute Gasteiger partial charge is 0.227 e. The molecule has 1 fully saturated rings. The summed E-state index contributed by atoms with van der Waals surface area (Å²) in [4.78, 5) is 26.8. The molecule has 0 amide bonds. The summed E-state index contributed by atoms with van der Waals surface area (Å²) in [6.07, 6.45) is 2.84. The van der Waals surface area contributed by atoms with Gasteiger partial charge in [-0.1, -0.05) is 6.07 Å². The topological polar surface area (TPSA) is 132 Å². The molecule has 4 N–H and O–H groups in total. The number of fused-ring (bicyclic) bond motifs is 1. The third-order valence-electron chi connectivity index (χ3n) is 7.47. The second-order valence-corrected chi connectivity index (χ2v) is 10.5. The number of benzene rings is 2. The van der Waals surface area contributed by atoms with Gasteiger partial charge in [-0.2, -0.15) is 10.2 Å². The quantitative estimate of drug-likeness (QED) is 0.240. The van der Waals surface area contributed by atoms with Crippen molar-refractivity contribution in [3.05, 3.63) is 70.5 Å². The van der Waals surface area contributed by atoms with E-state index in [0.29, 0.717) is 48.9 Å². The number of carbonyl (C=O) groups excluding carboxylic acids is 1. The highest BCUT2D eigenvalue weighted by molar-refractivity contribution is 5.99. The first-order valence-corrected chi connectivity index (χ1v) is 13.4. The van der Waals surface area contributed by atoms with E-state index >= 15 is 0 Å². The number of aliphatic hydroxyl groups is 1. The van der Waals surface area contributed by atoms with Crippen LogP contribution in [0.4, 0.5) is 23.0 Å². The van der Waals surface area contributed by atoms with Gasteiger partial charge in [0.15, 0.2) is 5.78 Å². The maximum Gasteiger partial charge on any atom is 0.227 e. The first kappa shape index (κ1) is 26.9. The lowest BCUT2D eigenvalue weighted by atomic mass is 9.96. The molecular weight excluding hydrogens is 492 g/mol. The normalized spacial score (nSPS) is 20.2. The number of aromatic nitrogens is 2. The molecule has 3 heterocycles. The summed E-state index contributed by atoms with van der Waals surface area (Å²) in [6, 6.07) is 11.3. The van der Waals surface area contributed by atoms with Crippen LogP contribution in [-0.2, 0) is 13.0 Å². The van der Waals surface area contributed by atoms with Gasteiger partial charge in [0.1, 0.15) is 5.69 Å². The minimum Gasteiger partial charge on any atom is -0.397 e. The molecule has 0 aliphatic carbocycles. The molecule has 3 aromatic rings. The van der Waals surface area contributed by atoms with Gasteiger partial charge in [0, 0.05) is 68.7 Å². The van der Waals surface area contributed by atoms with Crippen molar-refractivity contribution in [1.29, 1.82) is 0 Å². The minimum atomic E-state index is -0.447. The van der Waals surface area contributed by atoms with Gasteiger partial charge < -0.3 is 16.2 Å². The summed E-state index contributed by atoms with van der Waals surface area (Å²) in [6.45, 7) is 7.17. The first-order valence-electron chi connectivity index (χ1n) is 13.4.